The quantitative estimate of drug-likeness (QED) is 0.185. The van der Waals surface area contributed by atoms with Crippen molar-refractivity contribution in [2.75, 3.05) is 0 Å². The lowest BCUT2D eigenvalue weighted by Gasteiger charge is -2.16. The van der Waals surface area contributed by atoms with Crippen LogP contribution in [0.2, 0.25) is 0 Å². The van der Waals surface area contributed by atoms with Crippen LogP contribution in [0.3, 0.4) is 0 Å². The standard InChI is InChI=1S/C43H25N5/c1-2-23-45-38(5-1)39-21-13-29-7-6-28-12-20-37(47-42(28)43(29)48-39)33-16-9-27-10-17-34-32(15-8-26-11-18-35(33)41(27)40(26)34)30-14-19-36(46-25-30)31-4-3-22-44-24-31/h1-25H. The summed E-state index contributed by atoms with van der Waals surface area (Å²) >= 11 is 0. The SMILES string of the molecule is c1ccc(-c2ccc3ccc4ccc(-c5ccc6ccc7c(-c8ccc(-c9cccnc9)nc8)ccc8ccc5c6c87)nc4c3n2)nc1. The molecule has 0 unspecified atom stereocenters. The number of fused-ring (bicyclic) bond motifs is 3. The van der Waals surface area contributed by atoms with Gasteiger partial charge in [0.15, 0.2) is 0 Å². The minimum absolute atomic E-state index is 0.836. The minimum atomic E-state index is 0.836. The van der Waals surface area contributed by atoms with Crippen LogP contribution in [0, 0.1) is 0 Å². The van der Waals surface area contributed by atoms with Crippen LogP contribution in [0.5, 0.6) is 0 Å². The number of aromatic nitrogens is 5. The lowest BCUT2D eigenvalue weighted by Crippen LogP contribution is -1.93. The van der Waals surface area contributed by atoms with Crippen LogP contribution in [0.15, 0.2) is 152 Å². The molecule has 10 aromatic rings. The summed E-state index contributed by atoms with van der Waals surface area (Å²) in [4.78, 5) is 23.9. The summed E-state index contributed by atoms with van der Waals surface area (Å²) in [7, 11) is 0. The molecule has 5 heterocycles. The molecule has 10 rings (SSSR count). The summed E-state index contributed by atoms with van der Waals surface area (Å²) in [6.45, 7) is 0. The van der Waals surface area contributed by atoms with Crippen LogP contribution in [0.4, 0.5) is 0 Å². The molecule has 0 aliphatic rings. The Kier molecular flexibility index (Phi) is 5.81. The van der Waals surface area contributed by atoms with Crippen LogP contribution < -0.4 is 0 Å². The van der Waals surface area contributed by atoms with Gasteiger partial charge in [0, 0.05) is 52.3 Å². The molecule has 0 N–H and O–H groups in total. The van der Waals surface area contributed by atoms with Crippen LogP contribution in [-0.2, 0) is 0 Å². The smallest absolute Gasteiger partial charge is 0.0973 e. The molecule has 48 heavy (non-hydrogen) atoms. The third kappa shape index (κ3) is 4.15. The zero-order chi connectivity index (χ0) is 31.6. The highest BCUT2D eigenvalue weighted by Gasteiger charge is 2.17. The van der Waals surface area contributed by atoms with Gasteiger partial charge in [-0.15, -0.1) is 0 Å². The fourth-order valence-electron chi connectivity index (χ4n) is 7.09. The average molecular weight is 612 g/mol. The summed E-state index contributed by atoms with van der Waals surface area (Å²) in [6, 6.07) is 44.6. The molecular weight excluding hydrogens is 587 g/mol. The lowest BCUT2D eigenvalue weighted by atomic mass is 9.88. The van der Waals surface area contributed by atoms with E-state index in [1.54, 1.807) is 12.4 Å². The van der Waals surface area contributed by atoms with E-state index in [0.717, 1.165) is 66.8 Å². The Balaban J connectivity index is 1.15. The zero-order valence-corrected chi connectivity index (χ0v) is 25.7. The highest BCUT2D eigenvalue weighted by Crippen LogP contribution is 2.42. The van der Waals surface area contributed by atoms with E-state index >= 15 is 0 Å². The molecule has 0 atom stereocenters. The molecular formula is C43H25N5. The van der Waals surface area contributed by atoms with Crippen LogP contribution in [0.25, 0.3) is 99.2 Å². The molecule has 5 nitrogen and oxygen atoms in total. The third-order valence-corrected chi connectivity index (χ3v) is 9.42. The molecule has 0 radical (unpaired) electrons. The molecule has 5 aromatic carbocycles. The topological polar surface area (TPSA) is 64.5 Å². The van der Waals surface area contributed by atoms with Gasteiger partial charge in [-0.2, -0.15) is 0 Å². The maximum Gasteiger partial charge on any atom is 0.0973 e. The Hall–Kier alpha value is -6.59. The summed E-state index contributed by atoms with van der Waals surface area (Å²) < 4.78 is 0. The Morgan fingerprint density at radius 2 is 1.00 bits per heavy atom. The second kappa shape index (κ2) is 10.5. The van der Waals surface area contributed by atoms with Crippen molar-refractivity contribution in [1.82, 2.24) is 24.9 Å². The first-order valence-electron chi connectivity index (χ1n) is 16.0. The fraction of sp³-hybridized carbons (Fsp3) is 0. The van der Waals surface area contributed by atoms with E-state index in [1.807, 2.05) is 48.8 Å². The van der Waals surface area contributed by atoms with Gasteiger partial charge in [0.1, 0.15) is 0 Å². The largest absolute Gasteiger partial charge is 0.264 e. The zero-order valence-electron chi connectivity index (χ0n) is 25.7. The molecule has 222 valence electrons. The lowest BCUT2D eigenvalue weighted by molar-refractivity contribution is 1.27. The number of nitrogens with zero attached hydrogens (tertiary/aromatic N) is 5. The van der Waals surface area contributed by atoms with Gasteiger partial charge in [-0.25, -0.2) is 9.97 Å². The van der Waals surface area contributed by atoms with E-state index in [1.165, 1.54) is 32.3 Å². The molecule has 0 bridgehead atoms. The van der Waals surface area contributed by atoms with Gasteiger partial charge in [0.25, 0.3) is 0 Å². The van der Waals surface area contributed by atoms with E-state index < -0.39 is 0 Å². The van der Waals surface area contributed by atoms with Crippen molar-refractivity contribution in [3.63, 3.8) is 0 Å². The van der Waals surface area contributed by atoms with Crippen LogP contribution >= 0.6 is 0 Å². The maximum atomic E-state index is 5.29. The molecule has 0 aliphatic heterocycles. The van der Waals surface area contributed by atoms with Crippen molar-refractivity contribution >= 4 is 54.1 Å². The monoisotopic (exact) mass is 611 g/mol. The second-order valence-electron chi connectivity index (χ2n) is 12.1. The summed E-state index contributed by atoms with van der Waals surface area (Å²) in [5, 5.41) is 9.44. The number of hydrogen-bond donors (Lipinski definition) is 0. The van der Waals surface area contributed by atoms with Gasteiger partial charge in [0.05, 0.1) is 33.8 Å². The van der Waals surface area contributed by atoms with Crippen LogP contribution in [0.1, 0.15) is 0 Å². The summed E-state index contributed by atoms with van der Waals surface area (Å²) in [5.74, 6) is 0. The minimum Gasteiger partial charge on any atom is -0.264 e. The first-order valence-corrected chi connectivity index (χ1v) is 16.0. The fourth-order valence-corrected chi connectivity index (χ4v) is 7.09. The van der Waals surface area contributed by atoms with E-state index in [-0.39, 0.29) is 0 Å². The first-order chi connectivity index (χ1) is 23.8. The molecule has 0 fully saturated rings. The number of benzene rings is 5. The molecule has 0 amide bonds. The van der Waals surface area contributed by atoms with Gasteiger partial charge in [0.2, 0.25) is 0 Å². The summed E-state index contributed by atoms with van der Waals surface area (Å²) in [6.07, 6.45) is 7.39. The van der Waals surface area contributed by atoms with Gasteiger partial charge in [-0.05, 0) is 80.3 Å². The summed E-state index contributed by atoms with van der Waals surface area (Å²) in [5.41, 5.74) is 9.64. The van der Waals surface area contributed by atoms with Crippen LogP contribution in [-0.4, -0.2) is 24.9 Å². The van der Waals surface area contributed by atoms with Gasteiger partial charge < -0.3 is 0 Å². The van der Waals surface area contributed by atoms with Gasteiger partial charge in [-0.3, -0.25) is 15.0 Å². The number of pyridine rings is 5. The van der Waals surface area contributed by atoms with E-state index in [0.29, 0.717) is 0 Å². The second-order valence-corrected chi connectivity index (χ2v) is 12.1. The maximum absolute atomic E-state index is 5.29. The molecule has 0 aliphatic carbocycles. The normalized spacial score (nSPS) is 11.8. The molecule has 5 aromatic heterocycles. The predicted octanol–water partition coefficient (Wildman–Crippen LogP) is 10.5. The van der Waals surface area contributed by atoms with E-state index in [2.05, 4.69) is 101 Å². The molecule has 0 spiro atoms. The van der Waals surface area contributed by atoms with Crippen molar-refractivity contribution in [3.8, 4) is 45.0 Å². The molecule has 0 saturated heterocycles. The van der Waals surface area contributed by atoms with E-state index in [4.69, 9.17) is 15.0 Å². The van der Waals surface area contributed by atoms with Crippen molar-refractivity contribution in [3.05, 3.63) is 152 Å². The van der Waals surface area contributed by atoms with Crippen molar-refractivity contribution in [1.29, 1.82) is 0 Å². The highest BCUT2D eigenvalue weighted by molar-refractivity contribution is 6.27. The number of hydrogen-bond acceptors (Lipinski definition) is 5. The molecule has 5 heteroatoms. The van der Waals surface area contributed by atoms with Crippen molar-refractivity contribution < 1.29 is 0 Å². The Morgan fingerprint density at radius 3 is 1.69 bits per heavy atom. The molecule has 0 saturated carbocycles. The van der Waals surface area contributed by atoms with Gasteiger partial charge >= 0.3 is 0 Å². The third-order valence-electron chi connectivity index (χ3n) is 9.42. The highest BCUT2D eigenvalue weighted by atomic mass is 14.8. The Bertz CT molecular complexity index is 2810. The predicted molar refractivity (Wildman–Crippen MR) is 196 cm³/mol. The van der Waals surface area contributed by atoms with Crippen molar-refractivity contribution in [2.45, 2.75) is 0 Å². The number of rotatable bonds is 4. The van der Waals surface area contributed by atoms with Gasteiger partial charge in [-0.1, -0.05) is 84.9 Å². The van der Waals surface area contributed by atoms with E-state index in [9.17, 15) is 0 Å². The van der Waals surface area contributed by atoms with Crippen molar-refractivity contribution in [2.24, 2.45) is 0 Å². The Labute approximate surface area is 275 Å². The first kappa shape index (κ1) is 26.6. The Morgan fingerprint density at radius 1 is 0.354 bits per heavy atom. The average Bonchev–Trinajstić information content (AvgIpc) is 3.17.